The molecule has 0 heterocycles. The van der Waals surface area contributed by atoms with Crippen molar-refractivity contribution in [2.45, 2.75) is 26.3 Å². The van der Waals surface area contributed by atoms with Crippen molar-refractivity contribution in [2.75, 3.05) is 33.4 Å². The molecular weight excluding hydrogens is 152 g/mol. The largest absolute Gasteiger partial charge is 0.383 e. The molecule has 0 aliphatic carbocycles. The van der Waals surface area contributed by atoms with Gasteiger partial charge in [0.2, 0.25) is 0 Å². The summed E-state index contributed by atoms with van der Waals surface area (Å²) in [5.41, 5.74) is 5.64. The topological polar surface area (TPSA) is 38.5 Å². The van der Waals surface area contributed by atoms with Crippen LogP contribution in [0.25, 0.3) is 0 Å². The maximum atomic E-state index is 5.64. The second-order valence-corrected chi connectivity index (χ2v) is 2.97. The van der Waals surface area contributed by atoms with Gasteiger partial charge >= 0.3 is 0 Å². The molecule has 0 radical (unpaired) electrons. The van der Waals surface area contributed by atoms with E-state index in [9.17, 15) is 0 Å². The summed E-state index contributed by atoms with van der Waals surface area (Å²) in [4.78, 5) is 2.36. The molecule has 0 fully saturated rings. The maximum absolute atomic E-state index is 5.64. The fourth-order valence-electron chi connectivity index (χ4n) is 1.40. The molecule has 12 heavy (non-hydrogen) atoms. The van der Waals surface area contributed by atoms with Crippen molar-refractivity contribution >= 4 is 0 Å². The Balaban J connectivity index is 3.84. The van der Waals surface area contributed by atoms with Crippen LogP contribution < -0.4 is 5.73 Å². The number of nitrogens with zero attached hydrogens (tertiary/aromatic N) is 1. The average Bonchev–Trinajstić information content (AvgIpc) is 2.11. The fraction of sp³-hybridized carbons (Fsp3) is 1.00. The molecule has 0 saturated heterocycles. The minimum Gasteiger partial charge on any atom is -0.383 e. The van der Waals surface area contributed by atoms with Crippen molar-refractivity contribution in [3.05, 3.63) is 0 Å². The van der Waals surface area contributed by atoms with Crippen LogP contribution in [0.1, 0.15) is 20.3 Å². The van der Waals surface area contributed by atoms with Gasteiger partial charge in [0.15, 0.2) is 0 Å². The van der Waals surface area contributed by atoms with E-state index in [0.29, 0.717) is 12.6 Å². The van der Waals surface area contributed by atoms with Crippen LogP contribution in [-0.4, -0.2) is 44.3 Å². The van der Waals surface area contributed by atoms with Crippen molar-refractivity contribution in [3.8, 4) is 0 Å². The zero-order valence-corrected chi connectivity index (χ0v) is 8.55. The molecule has 0 aliphatic heterocycles. The third-order valence-corrected chi connectivity index (χ3v) is 2.06. The summed E-state index contributed by atoms with van der Waals surface area (Å²) >= 11 is 0. The molecule has 3 heteroatoms. The predicted octanol–water partition coefficient (Wildman–Crippen LogP) is 0.692. The number of hydrogen-bond acceptors (Lipinski definition) is 3. The normalized spacial score (nSPS) is 13.8. The molecule has 1 atom stereocenters. The van der Waals surface area contributed by atoms with E-state index in [1.807, 2.05) is 0 Å². The Morgan fingerprint density at radius 1 is 1.42 bits per heavy atom. The summed E-state index contributed by atoms with van der Waals surface area (Å²) in [6.07, 6.45) is 1.17. The van der Waals surface area contributed by atoms with Crippen LogP contribution in [0.3, 0.4) is 0 Å². The van der Waals surface area contributed by atoms with E-state index in [2.05, 4.69) is 18.7 Å². The van der Waals surface area contributed by atoms with Crippen LogP contribution >= 0.6 is 0 Å². The Labute approximate surface area is 75.9 Å². The Hall–Kier alpha value is -0.120. The van der Waals surface area contributed by atoms with Gasteiger partial charge in [-0.05, 0) is 19.5 Å². The van der Waals surface area contributed by atoms with Crippen LogP contribution in [0.5, 0.6) is 0 Å². The van der Waals surface area contributed by atoms with E-state index in [-0.39, 0.29) is 0 Å². The van der Waals surface area contributed by atoms with Crippen LogP contribution in [-0.2, 0) is 4.74 Å². The van der Waals surface area contributed by atoms with E-state index in [1.54, 1.807) is 7.11 Å². The Morgan fingerprint density at radius 2 is 2.08 bits per heavy atom. The molecule has 0 amide bonds. The second-order valence-electron chi connectivity index (χ2n) is 2.97. The van der Waals surface area contributed by atoms with Gasteiger partial charge in [-0.2, -0.15) is 0 Å². The third kappa shape index (κ3) is 4.04. The number of ether oxygens (including phenoxy) is 1. The lowest BCUT2D eigenvalue weighted by Gasteiger charge is -2.28. The van der Waals surface area contributed by atoms with Crippen molar-refractivity contribution in [2.24, 2.45) is 5.73 Å². The van der Waals surface area contributed by atoms with Gasteiger partial charge in [-0.1, -0.05) is 13.8 Å². The zero-order valence-electron chi connectivity index (χ0n) is 8.55. The number of hydrogen-bond donors (Lipinski definition) is 1. The first-order chi connectivity index (χ1) is 5.79. The van der Waals surface area contributed by atoms with Gasteiger partial charge < -0.3 is 10.5 Å². The molecule has 0 saturated carbocycles. The van der Waals surface area contributed by atoms with Crippen molar-refractivity contribution in [1.29, 1.82) is 0 Å². The second kappa shape index (κ2) is 7.53. The molecule has 0 spiro atoms. The average molecular weight is 174 g/mol. The molecule has 2 N–H and O–H groups in total. The highest BCUT2D eigenvalue weighted by molar-refractivity contribution is 4.70. The number of nitrogens with two attached hydrogens (primary N) is 1. The summed E-state index contributed by atoms with van der Waals surface area (Å²) < 4.78 is 5.10. The smallest absolute Gasteiger partial charge is 0.0630 e. The van der Waals surface area contributed by atoms with Gasteiger partial charge in [0.1, 0.15) is 0 Å². The highest BCUT2D eigenvalue weighted by Gasteiger charge is 2.13. The predicted molar refractivity (Wildman–Crippen MR) is 52.3 cm³/mol. The SMILES string of the molecule is CCCN(CC)C(CN)COC. The minimum atomic E-state index is 0.389. The van der Waals surface area contributed by atoms with Gasteiger partial charge in [0, 0.05) is 19.7 Å². The quantitative estimate of drug-likeness (QED) is 0.617. The first-order valence-corrected chi connectivity index (χ1v) is 4.73. The first kappa shape index (κ1) is 11.9. The van der Waals surface area contributed by atoms with Crippen LogP contribution in [0, 0.1) is 0 Å². The monoisotopic (exact) mass is 174 g/mol. The van der Waals surface area contributed by atoms with Crippen LogP contribution in [0.4, 0.5) is 0 Å². The number of methoxy groups -OCH3 is 1. The number of rotatable bonds is 7. The summed E-state index contributed by atoms with van der Waals surface area (Å²) in [6, 6.07) is 0.389. The molecule has 0 aromatic rings. The molecule has 74 valence electrons. The molecule has 0 aromatic heterocycles. The lowest BCUT2D eigenvalue weighted by atomic mass is 10.2. The van der Waals surface area contributed by atoms with Crippen molar-refractivity contribution in [1.82, 2.24) is 4.90 Å². The highest BCUT2D eigenvalue weighted by atomic mass is 16.5. The fourth-order valence-corrected chi connectivity index (χ4v) is 1.40. The maximum Gasteiger partial charge on any atom is 0.0630 e. The van der Waals surface area contributed by atoms with Gasteiger partial charge in [-0.3, -0.25) is 4.90 Å². The van der Waals surface area contributed by atoms with Gasteiger partial charge in [0.05, 0.1) is 6.61 Å². The highest BCUT2D eigenvalue weighted by Crippen LogP contribution is 1.99. The van der Waals surface area contributed by atoms with E-state index in [1.165, 1.54) is 6.42 Å². The third-order valence-electron chi connectivity index (χ3n) is 2.06. The lowest BCUT2D eigenvalue weighted by molar-refractivity contribution is 0.0973. The van der Waals surface area contributed by atoms with E-state index in [4.69, 9.17) is 10.5 Å². The lowest BCUT2D eigenvalue weighted by Crippen LogP contribution is -2.43. The van der Waals surface area contributed by atoms with Crippen LogP contribution in [0.15, 0.2) is 0 Å². The summed E-state index contributed by atoms with van der Waals surface area (Å²) in [7, 11) is 1.72. The minimum absolute atomic E-state index is 0.389. The first-order valence-electron chi connectivity index (χ1n) is 4.73. The van der Waals surface area contributed by atoms with Crippen molar-refractivity contribution < 1.29 is 4.74 Å². The Kier molecular flexibility index (Phi) is 7.45. The zero-order chi connectivity index (χ0) is 9.40. The van der Waals surface area contributed by atoms with E-state index < -0.39 is 0 Å². The summed E-state index contributed by atoms with van der Waals surface area (Å²) in [5.74, 6) is 0. The molecular formula is C9H22N2O. The Morgan fingerprint density at radius 3 is 2.42 bits per heavy atom. The molecule has 1 unspecified atom stereocenters. The van der Waals surface area contributed by atoms with Gasteiger partial charge in [-0.15, -0.1) is 0 Å². The van der Waals surface area contributed by atoms with E-state index >= 15 is 0 Å². The standard InChI is InChI=1S/C9H22N2O/c1-4-6-11(5-2)9(7-10)8-12-3/h9H,4-8,10H2,1-3H3. The Bertz CT molecular complexity index is 86.5. The van der Waals surface area contributed by atoms with Crippen LogP contribution in [0.2, 0.25) is 0 Å². The van der Waals surface area contributed by atoms with Crippen molar-refractivity contribution in [3.63, 3.8) is 0 Å². The number of likely N-dealkylation sites (N-methyl/N-ethyl adjacent to an activating group) is 1. The van der Waals surface area contributed by atoms with Gasteiger partial charge in [-0.25, -0.2) is 0 Å². The molecule has 0 aromatic carbocycles. The molecule has 0 rings (SSSR count). The molecule has 0 aliphatic rings. The summed E-state index contributed by atoms with van der Waals surface area (Å²) in [5, 5.41) is 0. The van der Waals surface area contributed by atoms with E-state index in [0.717, 1.165) is 19.7 Å². The molecule has 3 nitrogen and oxygen atoms in total. The molecule has 0 bridgehead atoms. The van der Waals surface area contributed by atoms with Gasteiger partial charge in [0.25, 0.3) is 0 Å². The summed E-state index contributed by atoms with van der Waals surface area (Å²) in [6.45, 7) is 7.93.